The molecule has 1 unspecified atom stereocenters. The molecule has 42 valence electrons. The van der Waals surface area contributed by atoms with Crippen molar-refractivity contribution in [1.82, 2.24) is 5.09 Å². The Morgan fingerprint density at radius 1 is 2.00 bits per heavy atom. The van der Waals surface area contributed by atoms with E-state index in [9.17, 15) is 4.57 Å². The van der Waals surface area contributed by atoms with Gasteiger partial charge in [0.2, 0.25) is 0 Å². The maximum Gasteiger partial charge on any atom is 0.255 e. The first-order chi connectivity index (χ1) is 3.27. The number of hydrogen-bond acceptors (Lipinski definition) is 1. The zero-order valence-corrected chi connectivity index (χ0v) is 4.85. The van der Waals surface area contributed by atoms with Crippen LogP contribution in [0.2, 0.25) is 0 Å². The summed E-state index contributed by atoms with van der Waals surface area (Å²) in [6.07, 6.45) is 1.53. The fraction of sp³-hybridized carbons (Fsp3) is 0.333. The lowest BCUT2D eigenvalue weighted by molar-refractivity contribution is 0.492. The van der Waals surface area contributed by atoms with Crippen LogP contribution in [0.1, 0.15) is 0 Å². The lowest BCUT2D eigenvalue weighted by atomic mass is 10.7. The molecule has 7 heavy (non-hydrogen) atoms. The monoisotopic (exact) mass is 121 g/mol. The van der Waals surface area contributed by atoms with Gasteiger partial charge < -0.3 is 4.89 Å². The molecule has 3 nitrogen and oxygen atoms in total. The molecule has 0 saturated heterocycles. The van der Waals surface area contributed by atoms with Crippen molar-refractivity contribution in [1.29, 1.82) is 0 Å². The molecule has 1 atom stereocenters. The maximum atomic E-state index is 9.78. The molecule has 2 N–H and O–H groups in total. The molecule has 0 amide bonds. The van der Waals surface area contributed by atoms with E-state index in [0.29, 0.717) is 6.54 Å². The number of rotatable bonds is 3. The van der Waals surface area contributed by atoms with Gasteiger partial charge in [0.25, 0.3) is 8.18 Å². The largest absolute Gasteiger partial charge is 0.335 e. The van der Waals surface area contributed by atoms with Crippen LogP contribution in [0.5, 0.6) is 0 Å². The fourth-order valence-corrected chi connectivity index (χ4v) is 0.478. The molecule has 0 aromatic carbocycles. The molecule has 0 aromatic rings. The Labute approximate surface area is 43.0 Å². The third-order valence-electron chi connectivity index (χ3n) is 0.398. The molecule has 0 heterocycles. The van der Waals surface area contributed by atoms with Gasteiger partial charge in [0.15, 0.2) is 0 Å². The van der Waals surface area contributed by atoms with Gasteiger partial charge in [0, 0.05) is 6.54 Å². The molecule has 4 heteroatoms. The molecule has 0 aliphatic heterocycles. The van der Waals surface area contributed by atoms with Crippen LogP contribution < -0.4 is 5.09 Å². The average Bonchev–Trinajstić information content (AvgIpc) is 1.61. The first-order valence-electron chi connectivity index (χ1n) is 1.85. The van der Waals surface area contributed by atoms with Crippen LogP contribution >= 0.6 is 8.18 Å². The SMILES string of the molecule is C=CCN[PH](=O)O. The van der Waals surface area contributed by atoms with E-state index in [1.807, 2.05) is 0 Å². The molecule has 0 fully saturated rings. The van der Waals surface area contributed by atoms with Crippen molar-refractivity contribution in [3.05, 3.63) is 12.7 Å². The minimum atomic E-state index is -2.47. The van der Waals surface area contributed by atoms with Gasteiger partial charge in [0.1, 0.15) is 0 Å². The second-order valence-electron chi connectivity index (χ2n) is 0.975. The highest BCUT2D eigenvalue weighted by atomic mass is 31.1. The van der Waals surface area contributed by atoms with Crippen molar-refractivity contribution in [2.45, 2.75) is 0 Å². The predicted molar refractivity (Wildman–Crippen MR) is 29.4 cm³/mol. The van der Waals surface area contributed by atoms with Gasteiger partial charge in [-0.15, -0.1) is 6.58 Å². The van der Waals surface area contributed by atoms with Crippen LogP contribution in [-0.4, -0.2) is 11.4 Å². The molecule has 0 aliphatic rings. The Morgan fingerprint density at radius 2 is 2.57 bits per heavy atom. The topological polar surface area (TPSA) is 49.3 Å². The van der Waals surface area contributed by atoms with Crippen molar-refractivity contribution < 1.29 is 9.46 Å². The van der Waals surface area contributed by atoms with E-state index in [1.54, 1.807) is 0 Å². The molecular formula is C3H8NO2P. The van der Waals surface area contributed by atoms with Crippen LogP contribution in [0.25, 0.3) is 0 Å². The molecule has 0 saturated carbocycles. The van der Waals surface area contributed by atoms with Crippen molar-refractivity contribution in [2.75, 3.05) is 6.54 Å². The lowest BCUT2D eigenvalue weighted by Gasteiger charge is -1.88. The van der Waals surface area contributed by atoms with E-state index in [-0.39, 0.29) is 0 Å². The molecule has 0 bridgehead atoms. The maximum absolute atomic E-state index is 9.78. The lowest BCUT2D eigenvalue weighted by Crippen LogP contribution is -1.99. The number of nitrogens with one attached hydrogen (secondary N) is 1. The van der Waals surface area contributed by atoms with Crippen molar-refractivity contribution >= 4 is 8.18 Å². The average molecular weight is 121 g/mol. The van der Waals surface area contributed by atoms with Crippen LogP contribution in [0.15, 0.2) is 12.7 Å². The third-order valence-corrected chi connectivity index (χ3v) is 0.904. The van der Waals surface area contributed by atoms with Crippen LogP contribution in [0.4, 0.5) is 0 Å². The van der Waals surface area contributed by atoms with E-state index in [2.05, 4.69) is 11.7 Å². The van der Waals surface area contributed by atoms with Crippen molar-refractivity contribution in [2.24, 2.45) is 0 Å². The van der Waals surface area contributed by atoms with Gasteiger partial charge in [-0.3, -0.25) is 4.57 Å². The molecule has 0 aromatic heterocycles. The second-order valence-corrected chi connectivity index (χ2v) is 1.94. The van der Waals surface area contributed by atoms with Gasteiger partial charge in [-0.05, 0) is 0 Å². The van der Waals surface area contributed by atoms with E-state index < -0.39 is 8.18 Å². The van der Waals surface area contributed by atoms with Gasteiger partial charge in [-0.1, -0.05) is 6.08 Å². The summed E-state index contributed by atoms with van der Waals surface area (Å²) in [5, 5.41) is 2.28. The second kappa shape index (κ2) is 4.06. The van der Waals surface area contributed by atoms with E-state index in [0.717, 1.165) is 0 Å². The summed E-state index contributed by atoms with van der Waals surface area (Å²) in [5.74, 6) is 0. The Morgan fingerprint density at radius 3 is 2.71 bits per heavy atom. The predicted octanol–water partition coefficient (Wildman–Crippen LogP) is 0.144. The molecule has 0 radical (unpaired) electrons. The Balaban J connectivity index is 2.97. The summed E-state index contributed by atoms with van der Waals surface area (Å²) in [4.78, 5) is 8.07. The van der Waals surface area contributed by atoms with Crippen LogP contribution in [0.3, 0.4) is 0 Å². The summed E-state index contributed by atoms with van der Waals surface area (Å²) >= 11 is 0. The summed E-state index contributed by atoms with van der Waals surface area (Å²) in [6.45, 7) is 3.73. The summed E-state index contributed by atoms with van der Waals surface area (Å²) in [5.41, 5.74) is 0. The normalized spacial score (nSPS) is 13.3. The van der Waals surface area contributed by atoms with Gasteiger partial charge in [-0.25, -0.2) is 5.09 Å². The van der Waals surface area contributed by atoms with Crippen LogP contribution in [0, 0.1) is 0 Å². The van der Waals surface area contributed by atoms with Gasteiger partial charge in [-0.2, -0.15) is 0 Å². The zero-order chi connectivity index (χ0) is 5.70. The summed E-state index contributed by atoms with van der Waals surface area (Å²) in [7, 11) is -2.47. The summed E-state index contributed by atoms with van der Waals surface area (Å²) in [6, 6.07) is 0. The third kappa shape index (κ3) is 5.89. The van der Waals surface area contributed by atoms with Crippen molar-refractivity contribution in [3.8, 4) is 0 Å². The molecule has 0 aliphatic carbocycles. The quantitative estimate of drug-likeness (QED) is 0.412. The van der Waals surface area contributed by atoms with Gasteiger partial charge in [0.05, 0.1) is 0 Å². The molecule has 0 spiro atoms. The number of hydrogen-bond donors (Lipinski definition) is 2. The Kier molecular flexibility index (Phi) is 4.00. The smallest absolute Gasteiger partial charge is 0.255 e. The first kappa shape index (κ1) is 6.89. The summed E-state index contributed by atoms with van der Waals surface area (Å²) < 4.78 is 9.78. The minimum Gasteiger partial charge on any atom is -0.335 e. The molecule has 0 rings (SSSR count). The first-order valence-corrected chi connectivity index (χ1v) is 3.20. The van der Waals surface area contributed by atoms with Crippen molar-refractivity contribution in [3.63, 3.8) is 0 Å². The highest BCUT2D eigenvalue weighted by Gasteiger charge is 1.81. The minimum absolute atomic E-state index is 0.397. The van der Waals surface area contributed by atoms with Crippen LogP contribution in [-0.2, 0) is 4.57 Å². The highest BCUT2D eigenvalue weighted by molar-refractivity contribution is 7.35. The van der Waals surface area contributed by atoms with E-state index in [4.69, 9.17) is 4.89 Å². The Hall–Kier alpha value is -0.110. The standard InChI is InChI=1S/C3H8NO2P/c1-2-3-4-7(5)6/h2,7H,1,3H2,(H2,4,5,6). The van der Waals surface area contributed by atoms with E-state index >= 15 is 0 Å². The fourth-order valence-electron chi connectivity index (χ4n) is 0.159. The Bertz CT molecular complexity index is 83.0. The zero-order valence-electron chi connectivity index (χ0n) is 3.85. The molecular weight excluding hydrogens is 113 g/mol. The van der Waals surface area contributed by atoms with E-state index in [1.165, 1.54) is 6.08 Å². The van der Waals surface area contributed by atoms with Gasteiger partial charge >= 0.3 is 0 Å². The highest BCUT2D eigenvalue weighted by Crippen LogP contribution is 2.01.